The molecule has 1 aromatic heterocycles. The molecule has 0 saturated carbocycles. The van der Waals surface area contributed by atoms with Gasteiger partial charge in [0.1, 0.15) is 0 Å². The van der Waals surface area contributed by atoms with Crippen LogP contribution in [0.4, 0.5) is 5.69 Å². The van der Waals surface area contributed by atoms with Crippen LogP contribution >= 0.6 is 23.4 Å². The van der Waals surface area contributed by atoms with Gasteiger partial charge < -0.3 is 5.32 Å². The average molecular weight is 371 g/mol. The van der Waals surface area contributed by atoms with Gasteiger partial charge in [-0.25, -0.2) is 0 Å². The fourth-order valence-corrected chi connectivity index (χ4v) is 3.78. The van der Waals surface area contributed by atoms with E-state index in [1.807, 2.05) is 56.3 Å². The Kier molecular flexibility index (Phi) is 5.61. The predicted molar refractivity (Wildman–Crippen MR) is 107 cm³/mol. The number of aromatic nitrogens is 1. The monoisotopic (exact) mass is 370 g/mol. The van der Waals surface area contributed by atoms with Crippen molar-refractivity contribution in [1.29, 1.82) is 0 Å². The van der Waals surface area contributed by atoms with Crippen molar-refractivity contribution in [1.82, 2.24) is 4.98 Å². The molecule has 2 aromatic carbocycles. The number of fused-ring (bicyclic) bond motifs is 1. The molecule has 0 aliphatic rings. The highest BCUT2D eigenvalue weighted by atomic mass is 35.5. The Labute approximate surface area is 156 Å². The third-order valence-corrected chi connectivity index (χ3v) is 5.35. The number of nitrogens with zero attached hydrogens (tertiary/aromatic N) is 1. The third-order valence-electron chi connectivity index (χ3n) is 4.04. The molecule has 0 fully saturated rings. The van der Waals surface area contributed by atoms with Crippen molar-refractivity contribution >= 4 is 45.9 Å². The lowest BCUT2D eigenvalue weighted by molar-refractivity contribution is -0.113. The van der Waals surface area contributed by atoms with Crippen LogP contribution in [0, 0.1) is 13.8 Å². The maximum Gasteiger partial charge on any atom is 0.234 e. The molecule has 1 amide bonds. The lowest BCUT2D eigenvalue weighted by Crippen LogP contribution is -2.15. The lowest BCUT2D eigenvalue weighted by atomic mass is 10.1. The zero-order valence-electron chi connectivity index (χ0n) is 14.2. The Bertz CT molecular complexity index is 906. The summed E-state index contributed by atoms with van der Waals surface area (Å²) in [4.78, 5) is 16.7. The lowest BCUT2D eigenvalue weighted by Gasteiger charge is -2.11. The first-order chi connectivity index (χ1) is 12.1. The van der Waals surface area contributed by atoms with E-state index in [0.717, 1.165) is 33.3 Å². The molecule has 1 heterocycles. The Morgan fingerprint density at radius 1 is 1.12 bits per heavy atom. The highest BCUT2D eigenvalue weighted by molar-refractivity contribution is 7.99. The minimum absolute atomic E-state index is 0.00799. The van der Waals surface area contributed by atoms with E-state index < -0.39 is 0 Å². The van der Waals surface area contributed by atoms with Gasteiger partial charge in [0.05, 0.1) is 11.3 Å². The third kappa shape index (κ3) is 4.14. The Balaban J connectivity index is 1.64. The molecule has 0 atom stereocenters. The van der Waals surface area contributed by atoms with Crippen molar-refractivity contribution in [3.8, 4) is 0 Å². The Morgan fingerprint density at radius 2 is 1.88 bits per heavy atom. The zero-order chi connectivity index (χ0) is 17.8. The Morgan fingerprint density at radius 3 is 2.64 bits per heavy atom. The minimum Gasteiger partial charge on any atom is -0.325 e. The quantitative estimate of drug-likeness (QED) is 0.655. The molecule has 0 bridgehead atoms. The van der Waals surface area contributed by atoms with E-state index >= 15 is 0 Å². The standard InChI is InChI=1S/C20H19ClN2OS/c1-13-5-3-6-14(2)19(13)23-18(24)12-25-11-15-8-9-17(21)16-7-4-10-22-20(15)16/h3-10H,11-12H2,1-2H3,(H,23,24). The number of aryl methyl sites for hydroxylation is 2. The second-order valence-electron chi connectivity index (χ2n) is 5.91. The van der Waals surface area contributed by atoms with Crippen LogP contribution in [0.15, 0.2) is 48.7 Å². The number of carbonyl (C=O) groups excluding carboxylic acids is 1. The largest absolute Gasteiger partial charge is 0.325 e. The summed E-state index contributed by atoms with van der Waals surface area (Å²) in [6.07, 6.45) is 1.76. The number of hydrogen-bond acceptors (Lipinski definition) is 3. The van der Waals surface area contributed by atoms with Gasteiger partial charge >= 0.3 is 0 Å². The topological polar surface area (TPSA) is 42.0 Å². The van der Waals surface area contributed by atoms with Gasteiger partial charge in [0.15, 0.2) is 0 Å². The molecule has 3 rings (SSSR count). The van der Waals surface area contributed by atoms with Crippen molar-refractivity contribution in [3.05, 3.63) is 70.4 Å². The van der Waals surface area contributed by atoms with Crippen LogP contribution in [0.2, 0.25) is 5.02 Å². The number of carbonyl (C=O) groups is 1. The van der Waals surface area contributed by atoms with Crippen molar-refractivity contribution in [2.45, 2.75) is 19.6 Å². The number of anilines is 1. The number of rotatable bonds is 5. The molecule has 0 unspecified atom stereocenters. The second kappa shape index (κ2) is 7.89. The minimum atomic E-state index is 0.00799. The summed E-state index contributed by atoms with van der Waals surface area (Å²) in [5, 5.41) is 4.66. The molecular formula is C20H19ClN2OS. The summed E-state index contributed by atoms with van der Waals surface area (Å²) in [7, 11) is 0. The number of benzene rings is 2. The molecule has 1 N–H and O–H groups in total. The van der Waals surface area contributed by atoms with Crippen LogP contribution in [0.5, 0.6) is 0 Å². The van der Waals surface area contributed by atoms with E-state index in [2.05, 4.69) is 10.3 Å². The molecule has 128 valence electrons. The van der Waals surface area contributed by atoms with Gasteiger partial charge in [-0.3, -0.25) is 9.78 Å². The summed E-state index contributed by atoms with van der Waals surface area (Å²) >= 11 is 7.79. The smallest absolute Gasteiger partial charge is 0.234 e. The van der Waals surface area contributed by atoms with Gasteiger partial charge in [-0.15, -0.1) is 11.8 Å². The number of pyridine rings is 1. The first-order valence-electron chi connectivity index (χ1n) is 8.02. The normalized spacial score (nSPS) is 10.8. The van der Waals surface area contributed by atoms with Crippen LogP contribution in [0.3, 0.4) is 0 Å². The highest BCUT2D eigenvalue weighted by Crippen LogP contribution is 2.27. The van der Waals surface area contributed by atoms with E-state index in [1.54, 1.807) is 18.0 Å². The van der Waals surface area contributed by atoms with Crippen molar-refractivity contribution in [2.75, 3.05) is 11.1 Å². The first kappa shape index (κ1) is 17.8. The summed E-state index contributed by atoms with van der Waals surface area (Å²) in [5.74, 6) is 1.11. The molecule has 0 aliphatic carbocycles. The summed E-state index contributed by atoms with van der Waals surface area (Å²) in [5.41, 5.74) is 5.05. The summed E-state index contributed by atoms with van der Waals surface area (Å²) in [6.45, 7) is 4.00. The van der Waals surface area contributed by atoms with E-state index in [0.29, 0.717) is 16.5 Å². The Hall–Kier alpha value is -2.04. The number of halogens is 1. The molecule has 3 nitrogen and oxygen atoms in total. The van der Waals surface area contributed by atoms with Gasteiger partial charge in [0, 0.05) is 28.0 Å². The molecule has 3 aromatic rings. The summed E-state index contributed by atoms with van der Waals surface area (Å²) < 4.78 is 0. The molecule has 0 radical (unpaired) electrons. The molecule has 25 heavy (non-hydrogen) atoms. The fourth-order valence-electron chi connectivity index (χ4n) is 2.75. The first-order valence-corrected chi connectivity index (χ1v) is 9.55. The van der Waals surface area contributed by atoms with Crippen LogP contribution in [0.25, 0.3) is 10.9 Å². The number of para-hydroxylation sites is 1. The summed E-state index contributed by atoms with van der Waals surface area (Å²) in [6, 6.07) is 13.7. The van der Waals surface area contributed by atoms with Crippen LogP contribution in [-0.2, 0) is 10.5 Å². The van der Waals surface area contributed by atoms with E-state index in [4.69, 9.17) is 11.6 Å². The second-order valence-corrected chi connectivity index (χ2v) is 7.31. The average Bonchev–Trinajstić information content (AvgIpc) is 2.60. The molecule has 0 saturated heterocycles. The van der Waals surface area contributed by atoms with E-state index in [9.17, 15) is 4.79 Å². The van der Waals surface area contributed by atoms with Gasteiger partial charge in [0.2, 0.25) is 5.91 Å². The van der Waals surface area contributed by atoms with Gasteiger partial charge in [-0.05, 0) is 48.7 Å². The van der Waals surface area contributed by atoms with Crippen LogP contribution < -0.4 is 5.32 Å². The van der Waals surface area contributed by atoms with Gasteiger partial charge in [-0.1, -0.05) is 35.9 Å². The van der Waals surface area contributed by atoms with Crippen molar-refractivity contribution in [3.63, 3.8) is 0 Å². The maximum atomic E-state index is 12.3. The molecular weight excluding hydrogens is 352 g/mol. The SMILES string of the molecule is Cc1cccc(C)c1NC(=O)CSCc1ccc(Cl)c2cccnc12. The number of hydrogen-bond donors (Lipinski definition) is 1. The molecule has 5 heteroatoms. The van der Waals surface area contributed by atoms with Crippen LogP contribution in [-0.4, -0.2) is 16.6 Å². The number of thioether (sulfide) groups is 1. The zero-order valence-corrected chi connectivity index (χ0v) is 15.7. The van der Waals surface area contributed by atoms with Gasteiger partial charge in [-0.2, -0.15) is 0 Å². The highest BCUT2D eigenvalue weighted by Gasteiger charge is 2.09. The van der Waals surface area contributed by atoms with Crippen molar-refractivity contribution in [2.24, 2.45) is 0 Å². The van der Waals surface area contributed by atoms with Gasteiger partial charge in [0.25, 0.3) is 0 Å². The fraction of sp³-hybridized carbons (Fsp3) is 0.200. The van der Waals surface area contributed by atoms with Crippen molar-refractivity contribution < 1.29 is 4.79 Å². The molecule has 0 aliphatic heterocycles. The maximum absolute atomic E-state index is 12.3. The van der Waals surface area contributed by atoms with E-state index in [-0.39, 0.29) is 5.91 Å². The molecule has 0 spiro atoms. The predicted octanol–water partition coefficient (Wildman–Crippen LogP) is 5.38. The van der Waals surface area contributed by atoms with Crippen LogP contribution in [0.1, 0.15) is 16.7 Å². The van der Waals surface area contributed by atoms with E-state index in [1.165, 1.54) is 0 Å². The number of amides is 1. The number of nitrogens with one attached hydrogen (secondary N) is 1.